The van der Waals surface area contributed by atoms with Gasteiger partial charge in [0, 0.05) is 24.5 Å². The molecular weight excluding hydrogens is 454 g/mol. The normalized spacial score (nSPS) is 28.4. The number of nitrogens with zero attached hydrogens (tertiary/aromatic N) is 2. The standard InChI is InChI=1S/C27H48F2N2O4/c1-10-22-12-14-30(17-27(22,28)29)23(32)35-26(8,9)13-11-18(2)21-15-19(3)31(20(4)16-21)24(33)34-25(5,6)7/h18-22H,10-17H2,1-9H3. The average Bonchev–Trinajstić information content (AvgIpc) is 2.69. The van der Waals surface area contributed by atoms with Crippen LogP contribution >= 0.6 is 0 Å². The van der Waals surface area contributed by atoms with Crippen LogP contribution in [0.2, 0.25) is 0 Å². The van der Waals surface area contributed by atoms with Gasteiger partial charge in [-0.3, -0.25) is 0 Å². The van der Waals surface area contributed by atoms with Crippen LogP contribution in [0.1, 0.15) is 101 Å². The highest BCUT2D eigenvalue weighted by Gasteiger charge is 2.46. The first-order chi connectivity index (χ1) is 16.0. The van der Waals surface area contributed by atoms with Crippen molar-refractivity contribution in [1.82, 2.24) is 9.80 Å². The third-order valence-electron chi connectivity index (χ3n) is 7.71. The Morgan fingerprint density at radius 2 is 1.60 bits per heavy atom. The van der Waals surface area contributed by atoms with Crippen LogP contribution in [-0.4, -0.2) is 64.3 Å². The van der Waals surface area contributed by atoms with Crippen LogP contribution in [0.15, 0.2) is 0 Å². The highest BCUT2D eigenvalue weighted by atomic mass is 19.3. The number of hydrogen-bond donors (Lipinski definition) is 0. The molecule has 2 aliphatic rings. The van der Waals surface area contributed by atoms with E-state index in [-0.39, 0.29) is 18.2 Å². The van der Waals surface area contributed by atoms with E-state index in [4.69, 9.17) is 9.47 Å². The van der Waals surface area contributed by atoms with E-state index in [1.165, 1.54) is 0 Å². The number of ether oxygens (including phenoxy) is 2. The third-order valence-corrected chi connectivity index (χ3v) is 7.71. The zero-order chi connectivity index (χ0) is 26.8. The molecule has 35 heavy (non-hydrogen) atoms. The van der Waals surface area contributed by atoms with Crippen molar-refractivity contribution >= 4 is 12.2 Å². The van der Waals surface area contributed by atoms with Crippen molar-refractivity contribution in [1.29, 1.82) is 0 Å². The fourth-order valence-corrected chi connectivity index (χ4v) is 5.58. The molecule has 6 nitrogen and oxygen atoms in total. The summed E-state index contributed by atoms with van der Waals surface area (Å²) < 4.78 is 39.9. The van der Waals surface area contributed by atoms with Gasteiger partial charge in [0.25, 0.3) is 5.92 Å². The summed E-state index contributed by atoms with van der Waals surface area (Å²) >= 11 is 0. The molecule has 0 aromatic rings. The lowest BCUT2D eigenvalue weighted by Crippen LogP contribution is -2.52. The molecule has 2 saturated heterocycles. The molecule has 8 heteroatoms. The number of carbonyl (C=O) groups is 2. The van der Waals surface area contributed by atoms with Gasteiger partial charge in [-0.2, -0.15) is 0 Å². The summed E-state index contributed by atoms with van der Waals surface area (Å²) in [6.07, 6.45) is 3.09. The fourth-order valence-electron chi connectivity index (χ4n) is 5.58. The highest BCUT2D eigenvalue weighted by Crippen LogP contribution is 2.38. The molecule has 2 aliphatic heterocycles. The van der Waals surface area contributed by atoms with Crippen LogP contribution in [0.4, 0.5) is 18.4 Å². The smallest absolute Gasteiger partial charge is 0.410 e. The Labute approximate surface area is 211 Å². The lowest BCUT2D eigenvalue weighted by atomic mass is 9.77. The molecule has 0 saturated carbocycles. The summed E-state index contributed by atoms with van der Waals surface area (Å²) in [4.78, 5) is 28.3. The Morgan fingerprint density at radius 3 is 2.09 bits per heavy atom. The van der Waals surface area contributed by atoms with Crippen molar-refractivity contribution < 1.29 is 27.8 Å². The molecule has 2 heterocycles. The van der Waals surface area contributed by atoms with E-state index >= 15 is 0 Å². The van der Waals surface area contributed by atoms with Crippen molar-refractivity contribution in [2.24, 2.45) is 17.8 Å². The summed E-state index contributed by atoms with van der Waals surface area (Å²) in [5, 5.41) is 0. The zero-order valence-corrected chi connectivity index (χ0v) is 23.3. The first-order valence-corrected chi connectivity index (χ1v) is 13.3. The Hall–Kier alpha value is -1.60. The maximum Gasteiger partial charge on any atom is 0.410 e. The second-order valence-corrected chi connectivity index (χ2v) is 12.5. The molecule has 4 unspecified atom stereocenters. The van der Waals surface area contributed by atoms with Gasteiger partial charge in [0.05, 0.1) is 6.54 Å². The van der Waals surface area contributed by atoms with Gasteiger partial charge in [-0.05, 0) is 98.8 Å². The van der Waals surface area contributed by atoms with Crippen LogP contribution in [0, 0.1) is 17.8 Å². The molecule has 0 aromatic heterocycles. The van der Waals surface area contributed by atoms with Crippen molar-refractivity contribution in [3.05, 3.63) is 0 Å². The number of piperidine rings is 2. The summed E-state index contributed by atoms with van der Waals surface area (Å²) in [6, 6.07) is 0.166. The molecule has 0 aliphatic carbocycles. The minimum absolute atomic E-state index is 0.0830. The monoisotopic (exact) mass is 502 g/mol. The van der Waals surface area contributed by atoms with Crippen molar-refractivity contribution in [2.75, 3.05) is 13.1 Å². The van der Waals surface area contributed by atoms with Gasteiger partial charge >= 0.3 is 12.2 Å². The maximum absolute atomic E-state index is 14.3. The Bertz CT molecular complexity index is 725. The Kier molecular flexibility index (Phi) is 9.48. The number of hydrogen-bond acceptors (Lipinski definition) is 4. The predicted molar refractivity (Wildman–Crippen MR) is 134 cm³/mol. The lowest BCUT2D eigenvalue weighted by molar-refractivity contribution is -0.112. The van der Waals surface area contributed by atoms with Crippen molar-refractivity contribution in [3.63, 3.8) is 0 Å². The molecule has 204 valence electrons. The topological polar surface area (TPSA) is 59.1 Å². The highest BCUT2D eigenvalue weighted by molar-refractivity contribution is 5.69. The minimum Gasteiger partial charge on any atom is -0.444 e. The number of amides is 2. The zero-order valence-electron chi connectivity index (χ0n) is 23.3. The summed E-state index contributed by atoms with van der Waals surface area (Å²) in [6.45, 7) is 17.2. The molecule has 2 amide bonds. The van der Waals surface area contributed by atoms with Gasteiger partial charge in [-0.1, -0.05) is 13.8 Å². The van der Waals surface area contributed by atoms with Gasteiger partial charge in [0.2, 0.25) is 0 Å². The first-order valence-electron chi connectivity index (χ1n) is 13.3. The van der Waals surface area contributed by atoms with Crippen LogP contribution < -0.4 is 0 Å². The summed E-state index contributed by atoms with van der Waals surface area (Å²) in [7, 11) is 0. The molecule has 0 N–H and O–H groups in total. The van der Waals surface area contributed by atoms with Crippen LogP contribution in [0.5, 0.6) is 0 Å². The van der Waals surface area contributed by atoms with Gasteiger partial charge in [0.1, 0.15) is 11.2 Å². The SMILES string of the molecule is CCC1CCN(C(=O)OC(C)(C)CCC(C)C2CC(C)N(C(=O)OC(C)(C)C)C(C)C2)CC1(F)F. The van der Waals surface area contributed by atoms with Crippen LogP contribution in [0.25, 0.3) is 0 Å². The fraction of sp³-hybridized carbons (Fsp3) is 0.926. The molecule has 0 radical (unpaired) electrons. The molecule has 4 atom stereocenters. The van der Waals surface area contributed by atoms with E-state index in [1.807, 2.05) is 39.5 Å². The number of halogens is 2. The quantitative estimate of drug-likeness (QED) is 0.388. The number of alkyl halides is 2. The van der Waals surface area contributed by atoms with E-state index in [0.717, 1.165) is 24.2 Å². The molecule has 0 aromatic carbocycles. The van der Waals surface area contributed by atoms with E-state index in [9.17, 15) is 18.4 Å². The van der Waals surface area contributed by atoms with E-state index in [2.05, 4.69) is 20.8 Å². The minimum atomic E-state index is -2.87. The summed E-state index contributed by atoms with van der Waals surface area (Å²) in [5.41, 5.74) is -1.26. The van der Waals surface area contributed by atoms with E-state index < -0.39 is 35.7 Å². The molecule has 2 fully saturated rings. The first kappa shape index (κ1) is 29.6. The summed E-state index contributed by atoms with van der Waals surface area (Å²) in [5.74, 6) is -2.72. The van der Waals surface area contributed by atoms with E-state index in [0.29, 0.717) is 37.6 Å². The molecule has 0 bridgehead atoms. The predicted octanol–water partition coefficient (Wildman–Crippen LogP) is 7.11. The molecule has 2 rings (SSSR count). The van der Waals surface area contributed by atoms with Gasteiger partial charge in [-0.25, -0.2) is 18.4 Å². The largest absolute Gasteiger partial charge is 0.444 e. The second-order valence-electron chi connectivity index (χ2n) is 12.5. The van der Waals surface area contributed by atoms with Gasteiger partial charge in [0.15, 0.2) is 0 Å². The Morgan fingerprint density at radius 1 is 1.03 bits per heavy atom. The number of carbonyl (C=O) groups excluding carboxylic acids is 2. The van der Waals surface area contributed by atoms with Crippen molar-refractivity contribution in [2.45, 2.75) is 130 Å². The Balaban J connectivity index is 1.87. The maximum atomic E-state index is 14.3. The number of likely N-dealkylation sites (tertiary alicyclic amines) is 2. The molecular formula is C27H48F2N2O4. The lowest BCUT2D eigenvalue weighted by Gasteiger charge is -2.44. The average molecular weight is 503 g/mol. The van der Waals surface area contributed by atoms with Crippen LogP contribution in [0.3, 0.4) is 0 Å². The van der Waals surface area contributed by atoms with Gasteiger partial charge in [-0.15, -0.1) is 0 Å². The third kappa shape index (κ3) is 8.21. The van der Waals surface area contributed by atoms with E-state index in [1.54, 1.807) is 6.92 Å². The second kappa shape index (κ2) is 11.2. The number of rotatable bonds is 6. The van der Waals surface area contributed by atoms with Crippen LogP contribution in [-0.2, 0) is 9.47 Å². The van der Waals surface area contributed by atoms with Crippen molar-refractivity contribution in [3.8, 4) is 0 Å². The van der Waals surface area contributed by atoms with Gasteiger partial charge < -0.3 is 19.3 Å². The molecule has 0 spiro atoms.